The van der Waals surface area contributed by atoms with E-state index >= 15 is 0 Å². The molecule has 0 aliphatic heterocycles. The second kappa shape index (κ2) is 9.21. The molecule has 2 N–H and O–H groups in total. The zero-order valence-corrected chi connectivity index (χ0v) is 17.5. The molecule has 2 rings (SSSR count). The molecule has 0 aliphatic carbocycles. The van der Waals surface area contributed by atoms with Crippen LogP contribution in [0.3, 0.4) is 0 Å². The Balaban J connectivity index is 1.93. The van der Waals surface area contributed by atoms with Gasteiger partial charge in [-0.25, -0.2) is 13.1 Å². The maximum absolute atomic E-state index is 12.6. The van der Waals surface area contributed by atoms with E-state index in [-0.39, 0.29) is 28.9 Å². The van der Waals surface area contributed by atoms with Crippen LogP contribution in [0.25, 0.3) is 0 Å². The Bertz CT molecular complexity index is 873. The highest BCUT2D eigenvalue weighted by Crippen LogP contribution is 2.19. The standard InChI is InChI=1S/C21H28N2O4S/c1-16(17-8-6-5-7-9-17)23-28(25,26)19-12-10-18(11-13-19)27-14-20(24)22-15-21(2,3)4/h5-13,16,23H,14-15H2,1-4H3,(H,22,24). The molecule has 0 fully saturated rings. The van der Waals surface area contributed by atoms with Crippen molar-refractivity contribution in [3.05, 3.63) is 60.2 Å². The Kier molecular flexibility index (Phi) is 7.21. The highest BCUT2D eigenvalue weighted by molar-refractivity contribution is 7.89. The van der Waals surface area contributed by atoms with E-state index in [1.54, 1.807) is 19.1 Å². The number of sulfonamides is 1. The van der Waals surface area contributed by atoms with Crippen LogP contribution in [0.4, 0.5) is 0 Å². The van der Waals surface area contributed by atoms with Crippen molar-refractivity contribution >= 4 is 15.9 Å². The maximum Gasteiger partial charge on any atom is 0.257 e. The third-order valence-electron chi connectivity index (χ3n) is 3.95. The third-order valence-corrected chi connectivity index (χ3v) is 5.51. The molecule has 152 valence electrons. The SMILES string of the molecule is CC(NS(=O)(=O)c1ccc(OCC(=O)NCC(C)(C)C)cc1)c1ccccc1. The maximum atomic E-state index is 12.6. The molecule has 6 nitrogen and oxygen atoms in total. The van der Waals surface area contributed by atoms with Crippen LogP contribution in [0.5, 0.6) is 5.75 Å². The minimum Gasteiger partial charge on any atom is -0.484 e. The second-order valence-electron chi connectivity index (χ2n) is 7.85. The van der Waals surface area contributed by atoms with Gasteiger partial charge in [-0.3, -0.25) is 4.79 Å². The van der Waals surface area contributed by atoms with E-state index < -0.39 is 10.0 Å². The molecule has 0 radical (unpaired) electrons. The van der Waals surface area contributed by atoms with E-state index in [0.29, 0.717) is 12.3 Å². The lowest BCUT2D eigenvalue weighted by Gasteiger charge is -2.18. The van der Waals surface area contributed by atoms with E-state index in [0.717, 1.165) is 5.56 Å². The summed E-state index contributed by atoms with van der Waals surface area (Å²) < 4.78 is 33.2. The zero-order chi connectivity index (χ0) is 20.8. The van der Waals surface area contributed by atoms with Gasteiger partial charge in [-0.1, -0.05) is 51.1 Å². The van der Waals surface area contributed by atoms with Crippen molar-refractivity contribution in [1.29, 1.82) is 0 Å². The van der Waals surface area contributed by atoms with Gasteiger partial charge in [0, 0.05) is 12.6 Å². The fraction of sp³-hybridized carbons (Fsp3) is 0.381. The first kappa shape index (κ1) is 21.9. The van der Waals surface area contributed by atoms with E-state index in [4.69, 9.17) is 4.74 Å². The van der Waals surface area contributed by atoms with Crippen LogP contribution in [0, 0.1) is 5.41 Å². The zero-order valence-electron chi connectivity index (χ0n) is 16.7. The summed E-state index contributed by atoms with van der Waals surface area (Å²) in [5.74, 6) is 0.214. The Hall–Kier alpha value is -2.38. The number of benzene rings is 2. The fourth-order valence-electron chi connectivity index (χ4n) is 2.39. The molecule has 28 heavy (non-hydrogen) atoms. The van der Waals surface area contributed by atoms with Crippen molar-refractivity contribution in [1.82, 2.24) is 10.0 Å². The topological polar surface area (TPSA) is 84.5 Å². The molecule has 1 amide bonds. The predicted octanol–water partition coefficient (Wildman–Crippen LogP) is 3.27. The second-order valence-corrected chi connectivity index (χ2v) is 9.57. The van der Waals surface area contributed by atoms with Crippen LogP contribution in [0.2, 0.25) is 0 Å². The first-order chi connectivity index (χ1) is 13.1. The van der Waals surface area contributed by atoms with Gasteiger partial charge in [-0.2, -0.15) is 0 Å². The molecule has 7 heteroatoms. The quantitative estimate of drug-likeness (QED) is 0.707. The Morgan fingerprint density at radius 1 is 1.04 bits per heavy atom. The highest BCUT2D eigenvalue weighted by atomic mass is 32.2. The number of hydrogen-bond acceptors (Lipinski definition) is 4. The number of amides is 1. The number of carbonyl (C=O) groups excluding carboxylic acids is 1. The number of carbonyl (C=O) groups is 1. The van der Waals surface area contributed by atoms with E-state index in [2.05, 4.69) is 10.0 Å². The average molecular weight is 405 g/mol. The van der Waals surface area contributed by atoms with Gasteiger partial charge in [-0.05, 0) is 42.2 Å². The molecular weight excluding hydrogens is 376 g/mol. The van der Waals surface area contributed by atoms with Crippen molar-refractivity contribution in [2.45, 2.75) is 38.6 Å². The van der Waals surface area contributed by atoms with Gasteiger partial charge in [0.25, 0.3) is 5.91 Å². The van der Waals surface area contributed by atoms with Crippen molar-refractivity contribution in [2.75, 3.05) is 13.2 Å². The molecule has 0 aliphatic rings. The fourth-order valence-corrected chi connectivity index (χ4v) is 3.62. The van der Waals surface area contributed by atoms with Crippen molar-refractivity contribution < 1.29 is 17.9 Å². The van der Waals surface area contributed by atoms with Gasteiger partial charge in [0.1, 0.15) is 5.75 Å². The van der Waals surface area contributed by atoms with Crippen LogP contribution in [0.1, 0.15) is 39.3 Å². The summed E-state index contributed by atoms with van der Waals surface area (Å²) in [6, 6.07) is 15.0. The lowest BCUT2D eigenvalue weighted by atomic mass is 9.97. The first-order valence-corrected chi connectivity index (χ1v) is 10.6. The van der Waals surface area contributed by atoms with Crippen LogP contribution in [-0.4, -0.2) is 27.5 Å². The van der Waals surface area contributed by atoms with E-state index in [1.165, 1.54) is 12.1 Å². The lowest BCUT2D eigenvalue weighted by molar-refractivity contribution is -0.123. The minimum absolute atomic E-state index is 0.00441. The number of rotatable bonds is 8. The predicted molar refractivity (Wildman–Crippen MR) is 110 cm³/mol. The van der Waals surface area contributed by atoms with Crippen molar-refractivity contribution in [3.63, 3.8) is 0 Å². The summed E-state index contributed by atoms with van der Waals surface area (Å²) in [7, 11) is -3.67. The molecule has 0 heterocycles. The lowest BCUT2D eigenvalue weighted by Crippen LogP contribution is -2.35. The van der Waals surface area contributed by atoms with Crippen LogP contribution < -0.4 is 14.8 Å². The van der Waals surface area contributed by atoms with Gasteiger partial charge >= 0.3 is 0 Å². The van der Waals surface area contributed by atoms with Gasteiger partial charge in [0.15, 0.2) is 6.61 Å². The summed E-state index contributed by atoms with van der Waals surface area (Å²) in [6.07, 6.45) is 0. The Morgan fingerprint density at radius 3 is 2.21 bits per heavy atom. The van der Waals surface area contributed by atoms with Gasteiger partial charge < -0.3 is 10.1 Å². The molecule has 0 aromatic heterocycles. The number of ether oxygens (including phenoxy) is 1. The largest absolute Gasteiger partial charge is 0.484 e. The summed E-state index contributed by atoms with van der Waals surface area (Å²) in [4.78, 5) is 11.9. The average Bonchev–Trinajstić information content (AvgIpc) is 2.65. The van der Waals surface area contributed by atoms with Gasteiger partial charge in [-0.15, -0.1) is 0 Å². The van der Waals surface area contributed by atoms with Gasteiger partial charge in [0.2, 0.25) is 10.0 Å². The summed E-state index contributed by atoms with van der Waals surface area (Å²) in [5, 5.41) is 2.80. The number of nitrogens with one attached hydrogen (secondary N) is 2. The van der Waals surface area contributed by atoms with Crippen molar-refractivity contribution in [2.24, 2.45) is 5.41 Å². The monoisotopic (exact) mass is 404 g/mol. The molecule has 1 unspecified atom stereocenters. The molecule has 2 aromatic carbocycles. The molecule has 0 saturated carbocycles. The molecular formula is C21H28N2O4S. The Labute approximate surface area is 167 Å². The van der Waals surface area contributed by atoms with Gasteiger partial charge in [0.05, 0.1) is 4.90 Å². The smallest absolute Gasteiger partial charge is 0.257 e. The number of hydrogen-bond donors (Lipinski definition) is 2. The molecule has 0 saturated heterocycles. The molecule has 2 aromatic rings. The van der Waals surface area contributed by atoms with Crippen LogP contribution in [0.15, 0.2) is 59.5 Å². The summed E-state index contributed by atoms with van der Waals surface area (Å²) in [5.41, 5.74) is 0.877. The molecule has 1 atom stereocenters. The van der Waals surface area contributed by atoms with Crippen LogP contribution >= 0.6 is 0 Å². The highest BCUT2D eigenvalue weighted by Gasteiger charge is 2.18. The molecule has 0 bridgehead atoms. The summed E-state index contributed by atoms with van der Waals surface area (Å²) in [6.45, 7) is 8.31. The van der Waals surface area contributed by atoms with Crippen molar-refractivity contribution in [3.8, 4) is 5.75 Å². The van der Waals surface area contributed by atoms with E-state index in [1.807, 2.05) is 51.1 Å². The third kappa shape index (κ3) is 6.98. The van der Waals surface area contributed by atoms with E-state index in [9.17, 15) is 13.2 Å². The Morgan fingerprint density at radius 2 is 1.64 bits per heavy atom. The minimum atomic E-state index is -3.67. The van der Waals surface area contributed by atoms with Crippen LogP contribution in [-0.2, 0) is 14.8 Å². The molecule has 0 spiro atoms. The summed E-state index contributed by atoms with van der Waals surface area (Å²) >= 11 is 0. The normalized spacial score (nSPS) is 13.0. The first-order valence-electron chi connectivity index (χ1n) is 9.14.